The normalized spacial score (nSPS) is 17.1. The van der Waals surface area contributed by atoms with Gasteiger partial charge in [0.2, 0.25) is 0 Å². The number of carbonyl (C=O) groups is 1. The molecule has 0 saturated heterocycles. The summed E-state index contributed by atoms with van der Waals surface area (Å²) in [5, 5.41) is 0. The molecule has 1 aliphatic rings. The van der Waals surface area contributed by atoms with Crippen LogP contribution in [0.3, 0.4) is 0 Å². The molecule has 0 spiro atoms. The van der Waals surface area contributed by atoms with E-state index in [-0.39, 0.29) is 11.2 Å². The quantitative estimate of drug-likeness (QED) is 0.909. The van der Waals surface area contributed by atoms with Gasteiger partial charge in [0.25, 0.3) is 0 Å². The molecule has 0 bridgehead atoms. The molecule has 1 saturated carbocycles. The standard InChI is InChI=1S/C14H18BrNO2/c1-18-12-4-3-11(15)7-10(12)8-13(17)14(9-16)5-2-6-14/h3-4,7H,2,5-6,8-9,16H2,1H3. The minimum Gasteiger partial charge on any atom is -0.496 e. The molecule has 3 nitrogen and oxygen atoms in total. The van der Waals surface area contributed by atoms with Crippen LogP contribution in [0.5, 0.6) is 5.75 Å². The van der Waals surface area contributed by atoms with Crippen LogP contribution in [0.25, 0.3) is 0 Å². The van der Waals surface area contributed by atoms with E-state index in [0.717, 1.165) is 35.0 Å². The fraction of sp³-hybridized carbons (Fsp3) is 0.500. The number of rotatable bonds is 5. The molecule has 2 rings (SSSR count). The molecule has 0 heterocycles. The van der Waals surface area contributed by atoms with E-state index < -0.39 is 0 Å². The Bertz CT molecular complexity index is 450. The van der Waals surface area contributed by atoms with Crippen molar-refractivity contribution in [1.82, 2.24) is 0 Å². The van der Waals surface area contributed by atoms with Crippen LogP contribution in [0, 0.1) is 5.41 Å². The van der Waals surface area contributed by atoms with E-state index in [9.17, 15) is 4.79 Å². The van der Waals surface area contributed by atoms with Crippen molar-refractivity contribution in [3.8, 4) is 5.75 Å². The third kappa shape index (κ3) is 2.45. The zero-order chi connectivity index (χ0) is 13.2. The van der Waals surface area contributed by atoms with E-state index in [4.69, 9.17) is 10.5 Å². The predicted molar refractivity (Wildman–Crippen MR) is 74.7 cm³/mol. The molecule has 0 amide bonds. The van der Waals surface area contributed by atoms with Gasteiger partial charge in [0.05, 0.1) is 7.11 Å². The molecule has 2 N–H and O–H groups in total. The molecule has 1 fully saturated rings. The number of hydrogen-bond donors (Lipinski definition) is 1. The maximum atomic E-state index is 12.4. The predicted octanol–water partition coefficient (Wildman–Crippen LogP) is 2.70. The summed E-state index contributed by atoms with van der Waals surface area (Å²) in [7, 11) is 1.62. The number of methoxy groups -OCH3 is 1. The Hall–Kier alpha value is -0.870. The summed E-state index contributed by atoms with van der Waals surface area (Å²) < 4.78 is 6.25. The van der Waals surface area contributed by atoms with E-state index in [1.165, 1.54) is 0 Å². The largest absolute Gasteiger partial charge is 0.496 e. The lowest BCUT2D eigenvalue weighted by atomic mass is 9.65. The number of ketones is 1. The summed E-state index contributed by atoms with van der Waals surface area (Å²) >= 11 is 3.42. The van der Waals surface area contributed by atoms with Crippen molar-refractivity contribution in [3.63, 3.8) is 0 Å². The van der Waals surface area contributed by atoms with Crippen LogP contribution in [-0.2, 0) is 11.2 Å². The van der Waals surface area contributed by atoms with Crippen molar-refractivity contribution < 1.29 is 9.53 Å². The Balaban J connectivity index is 2.18. The number of ether oxygens (including phenoxy) is 1. The maximum Gasteiger partial charge on any atom is 0.144 e. The van der Waals surface area contributed by atoms with E-state index in [0.29, 0.717) is 13.0 Å². The summed E-state index contributed by atoms with van der Waals surface area (Å²) in [6.07, 6.45) is 3.37. The van der Waals surface area contributed by atoms with Gasteiger partial charge in [0.1, 0.15) is 11.5 Å². The van der Waals surface area contributed by atoms with Crippen LogP contribution in [0.15, 0.2) is 22.7 Å². The SMILES string of the molecule is COc1ccc(Br)cc1CC(=O)C1(CN)CCC1. The highest BCUT2D eigenvalue weighted by atomic mass is 79.9. The van der Waals surface area contributed by atoms with Gasteiger partial charge in [-0.15, -0.1) is 0 Å². The Kier molecular flexibility index (Phi) is 4.07. The monoisotopic (exact) mass is 311 g/mol. The van der Waals surface area contributed by atoms with Gasteiger partial charge in [-0.25, -0.2) is 0 Å². The first-order chi connectivity index (χ1) is 8.61. The van der Waals surface area contributed by atoms with Gasteiger partial charge in [-0.2, -0.15) is 0 Å². The minimum atomic E-state index is -0.271. The van der Waals surface area contributed by atoms with Crippen molar-refractivity contribution in [1.29, 1.82) is 0 Å². The first kappa shape index (κ1) is 13.6. The van der Waals surface area contributed by atoms with Crippen LogP contribution < -0.4 is 10.5 Å². The molecule has 1 aromatic rings. The molecule has 0 atom stereocenters. The third-order valence-corrected chi connectivity index (χ3v) is 4.38. The molecular weight excluding hydrogens is 294 g/mol. The highest BCUT2D eigenvalue weighted by Gasteiger charge is 2.42. The number of halogens is 1. The van der Waals surface area contributed by atoms with E-state index in [2.05, 4.69) is 15.9 Å². The highest BCUT2D eigenvalue weighted by Crippen LogP contribution is 2.42. The topological polar surface area (TPSA) is 52.3 Å². The molecule has 0 aromatic heterocycles. The van der Waals surface area contributed by atoms with Gasteiger partial charge in [-0.1, -0.05) is 22.4 Å². The van der Waals surface area contributed by atoms with Gasteiger partial charge in [0.15, 0.2) is 0 Å². The fourth-order valence-corrected chi connectivity index (χ4v) is 2.85. The first-order valence-electron chi connectivity index (χ1n) is 6.17. The molecular formula is C14H18BrNO2. The summed E-state index contributed by atoms with van der Waals surface area (Å²) in [6.45, 7) is 0.460. The Labute approximate surface area is 116 Å². The number of Topliss-reactive ketones (excluding diaryl/α,β-unsaturated/α-hetero) is 1. The van der Waals surface area contributed by atoms with Gasteiger partial charge in [-0.3, -0.25) is 4.79 Å². The van der Waals surface area contributed by atoms with E-state index >= 15 is 0 Å². The Morgan fingerprint density at radius 2 is 2.22 bits per heavy atom. The average Bonchev–Trinajstić information content (AvgIpc) is 2.28. The molecule has 4 heteroatoms. The summed E-state index contributed by atoms with van der Waals surface area (Å²) in [6, 6.07) is 5.73. The first-order valence-corrected chi connectivity index (χ1v) is 6.96. The molecule has 0 radical (unpaired) electrons. The molecule has 1 aliphatic carbocycles. The Morgan fingerprint density at radius 1 is 1.50 bits per heavy atom. The van der Waals surface area contributed by atoms with Crippen molar-refractivity contribution in [2.45, 2.75) is 25.7 Å². The summed E-state index contributed by atoms with van der Waals surface area (Å²) in [5.74, 6) is 1.01. The zero-order valence-electron chi connectivity index (χ0n) is 10.5. The van der Waals surface area contributed by atoms with Crippen molar-refractivity contribution in [2.24, 2.45) is 11.1 Å². The van der Waals surface area contributed by atoms with Crippen LogP contribution in [0.1, 0.15) is 24.8 Å². The van der Waals surface area contributed by atoms with Crippen LogP contribution in [-0.4, -0.2) is 19.4 Å². The van der Waals surface area contributed by atoms with Crippen molar-refractivity contribution in [2.75, 3.05) is 13.7 Å². The molecule has 0 aliphatic heterocycles. The number of hydrogen-bond acceptors (Lipinski definition) is 3. The van der Waals surface area contributed by atoms with Gasteiger partial charge in [0, 0.05) is 28.4 Å². The summed E-state index contributed by atoms with van der Waals surface area (Å²) in [4.78, 5) is 12.4. The third-order valence-electron chi connectivity index (χ3n) is 3.89. The lowest BCUT2D eigenvalue weighted by Gasteiger charge is -2.39. The van der Waals surface area contributed by atoms with Crippen LogP contribution in [0.2, 0.25) is 0 Å². The number of benzene rings is 1. The van der Waals surface area contributed by atoms with Gasteiger partial charge in [-0.05, 0) is 31.0 Å². The van der Waals surface area contributed by atoms with Crippen molar-refractivity contribution >= 4 is 21.7 Å². The highest BCUT2D eigenvalue weighted by molar-refractivity contribution is 9.10. The maximum absolute atomic E-state index is 12.4. The Morgan fingerprint density at radius 3 is 2.72 bits per heavy atom. The second kappa shape index (κ2) is 5.41. The number of carbonyl (C=O) groups excluding carboxylic acids is 1. The molecule has 98 valence electrons. The second-order valence-corrected chi connectivity index (χ2v) is 5.81. The molecule has 0 unspecified atom stereocenters. The lowest BCUT2D eigenvalue weighted by Crippen LogP contribution is -2.45. The minimum absolute atomic E-state index is 0.243. The van der Waals surface area contributed by atoms with Crippen molar-refractivity contribution in [3.05, 3.63) is 28.2 Å². The molecule has 1 aromatic carbocycles. The summed E-state index contributed by atoms with van der Waals surface area (Å²) in [5.41, 5.74) is 6.42. The smallest absolute Gasteiger partial charge is 0.144 e. The fourth-order valence-electron chi connectivity index (χ4n) is 2.45. The van der Waals surface area contributed by atoms with E-state index in [1.807, 2.05) is 18.2 Å². The van der Waals surface area contributed by atoms with Crippen LogP contribution in [0.4, 0.5) is 0 Å². The second-order valence-electron chi connectivity index (χ2n) is 4.89. The zero-order valence-corrected chi connectivity index (χ0v) is 12.1. The van der Waals surface area contributed by atoms with E-state index in [1.54, 1.807) is 7.11 Å². The lowest BCUT2D eigenvalue weighted by molar-refractivity contribution is -0.132. The van der Waals surface area contributed by atoms with Gasteiger partial charge >= 0.3 is 0 Å². The number of nitrogens with two attached hydrogens (primary N) is 1. The average molecular weight is 312 g/mol. The molecule has 18 heavy (non-hydrogen) atoms. The van der Waals surface area contributed by atoms with Gasteiger partial charge < -0.3 is 10.5 Å². The van der Waals surface area contributed by atoms with Crippen LogP contribution >= 0.6 is 15.9 Å².